The monoisotopic (exact) mass is 213 g/mol. The van der Waals surface area contributed by atoms with Crippen molar-refractivity contribution in [2.75, 3.05) is 0 Å². The van der Waals surface area contributed by atoms with E-state index in [4.69, 9.17) is 0 Å². The van der Waals surface area contributed by atoms with Gasteiger partial charge in [0.2, 0.25) is 0 Å². The predicted octanol–water partition coefficient (Wildman–Crippen LogP) is 2.13. The largest absolute Gasteiger partial charge is 0.211 e. The van der Waals surface area contributed by atoms with Crippen molar-refractivity contribution in [2.45, 2.75) is 13.2 Å². The molecule has 0 heterocycles. The van der Waals surface area contributed by atoms with E-state index in [1.54, 1.807) is 6.07 Å². The lowest BCUT2D eigenvalue weighted by Crippen LogP contribution is -2.20. The Kier molecular flexibility index (Phi) is 3.40. The standard InChI is InChI=1S/C14H15BF/c1-11-7-8-13(16)9-14(11)15-10-12-5-3-2-4-6-12/h2-9H,10,15H2,1H3/q-1. The predicted molar refractivity (Wildman–Crippen MR) is 69.5 cm³/mol. The molecular formula is C14H15BF-. The third-order valence-corrected chi connectivity index (χ3v) is 3.28. The summed E-state index contributed by atoms with van der Waals surface area (Å²) >= 11 is 0. The maximum atomic E-state index is 13.1. The van der Waals surface area contributed by atoms with Crippen molar-refractivity contribution in [2.24, 2.45) is 0 Å². The van der Waals surface area contributed by atoms with Crippen LogP contribution >= 0.6 is 0 Å². The molecule has 2 heteroatoms. The molecule has 0 nitrogen and oxygen atoms in total. The summed E-state index contributed by atoms with van der Waals surface area (Å²) in [5.74, 6) is -0.114. The van der Waals surface area contributed by atoms with Crippen LogP contribution in [0.25, 0.3) is 0 Å². The fourth-order valence-corrected chi connectivity index (χ4v) is 2.19. The highest BCUT2D eigenvalue weighted by Gasteiger charge is 1.95. The molecule has 0 bridgehead atoms. The van der Waals surface area contributed by atoms with Gasteiger partial charge in [0.05, 0.1) is 0 Å². The third kappa shape index (κ3) is 2.72. The number of hydrogen-bond donors (Lipinski definition) is 0. The van der Waals surface area contributed by atoms with Gasteiger partial charge in [0, 0.05) is 7.28 Å². The highest BCUT2D eigenvalue weighted by Crippen LogP contribution is 2.02. The van der Waals surface area contributed by atoms with Crippen LogP contribution in [0, 0.1) is 12.7 Å². The van der Waals surface area contributed by atoms with Crippen LogP contribution in [0.15, 0.2) is 48.5 Å². The summed E-state index contributed by atoms with van der Waals surface area (Å²) in [7, 11) is -0.270. The van der Waals surface area contributed by atoms with Gasteiger partial charge in [-0.1, -0.05) is 53.6 Å². The summed E-state index contributed by atoms with van der Waals surface area (Å²) in [6.07, 6.45) is 1.09. The number of rotatable bonds is 3. The molecule has 0 aliphatic rings. The second kappa shape index (κ2) is 4.97. The van der Waals surface area contributed by atoms with Crippen LogP contribution in [-0.4, -0.2) is 7.28 Å². The average Bonchev–Trinajstić information content (AvgIpc) is 2.32. The van der Waals surface area contributed by atoms with Gasteiger partial charge in [-0.25, -0.2) is 9.85 Å². The van der Waals surface area contributed by atoms with Crippen LogP contribution in [0.3, 0.4) is 0 Å². The van der Waals surface area contributed by atoms with E-state index in [1.807, 2.05) is 12.1 Å². The Morgan fingerprint density at radius 3 is 2.56 bits per heavy atom. The fraction of sp³-hybridized carbons (Fsp3) is 0.143. The first-order chi connectivity index (χ1) is 7.75. The lowest BCUT2D eigenvalue weighted by atomic mass is 9.64. The van der Waals surface area contributed by atoms with Crippen LogP contribution in [0.1, 0.15) is 11.1 Å². The second-order valence-electron chi connectivity index (χ2n) is 4.42. The maximum Gasteiger partial charge on any atom is 0.120 e. The minimum absolute atomic E-state index is 0.114. The van der Waals surface area contributed by atoms with Gasteiger partial charge in [0.25, 0.3) is 0 Å². The van der Waals surface area contributed by atoms with Gasteiger partial charge >= 0.3 is 0 Å². The smallest absolute Gasteiger partial charge is 0.120 e. The van der Waals surface area contributed by atoms with E-state index in [1.165, 1.54) is 22.7 Å². The molecule has 0 aromatic heterocycles. The van der Waals surface area contributed by atoms with Crippen molar-refractivity contribution in [1.82, 2.24) is 0 Å². The van der Waals surface area contributed by atoms with E-state index in [9.17, 15) is 4.39 Å². The second-order valence-corrected chi connectivity index (χ2v) is 4.42. The molecule has 0 spiro atoms. The summed E-state index contributed by atoms with van der Waals surface area (Å²) in [5, 5.41) is 0. The molecule has 0 radical (unpaired) electrons. The Hall–Kier alpha value is -1.57. The number of halogens is 1. The first kappa shape index (κ1) is 10.9. The first-order valence-corrected chi connectivity index (χ1v) is 5.90. The van der Waals surface area contributed by atoms with Crippen LogP contribution in [0.2, 0.25) is 0 Å². The van der Waals surface area contributed by atoms with Crippen LogP contribution in [0.4, 0.5) is 4.39 Å². The van der Waals surface area contributed by atoms with Crippen molar-refractivity contribution >= 4 is 12.7 Å². The molecule has 82 valence electrons. The molecule has 2 aromatic rings. The van der Waals surface area contributed by atoms with Gasteiger partial charge in [-0.05, 0) is 13.0 Å². The van der Waals surface area contributed by atoms with E-state index < -0.39 is 0 Å². The van der Waals surface area contributed by atoms with Crippen molar-refractivity contribution in [1.29, 1.82) is 0 Å². The van der Waals surface area contributed by atoms with Crippen molar-refractivity contribution < 1.29 is 4.39 Å². The molecule has 2 aromatic carbocycles. The molecule has 0 aliphatic carbocycles. The van der Waals surface area contributed by atoms with Gasteiger partial charge < -0.3 is 0 Å². The summed E-state index contributed by atoms with van der Waals surface area (Å²) in [4.78, 5) is 0. The zero-order valence-corrected chi connectivity index (χ0v) is 9.70. The minimum Gasteiger partial charge on any atom is -0.211 e. The van der Waals surface area contributed by atoms with Crippen molar-refractivity contribution in [3.63, 3.8) is 0 Å². The molecule has 0 saturated heterocycles. The maximum absolute atomic E-state index is 13.1. The van der Waals surface area contributed by atoms with Crippen LogP contribution in [0.5, 0.6) is 0 Å². The lowest BCUT2D eigenvalue weighted by Gasteiger charge is -2.11. The highest BCUT2D eigenvalue weighted by molar-refractivity contribution is 6.53. The lowest BCUT2D eigenvalue weighted by molar-refractivity contribution is 0.628. The third-order valence-electron chi connectivity index (χ3n) is 3.28. The average molecular weight is 213 g/mol. The molecule has 16 heavy (non-hydrogen) atoms. The van der Waals surface area contributed by atoms with Gasteiger partial charge in [0.1, 0.15) is 5.82 Å². The zero-order valence-electron chi connectivity index (χ0n) is 9.70. The quantitative estimate of drug-likeness (QED) is 0.685. The molecule has 0 amide bonds. The molecule has 0 aliphatic heterocycles. The number of aryl methyl sites for hydroxylation is 1. The zero-order chi connectivity index (χ0) is 11.4. The highest BCUT2D eigenvalue weighted by atomic mass is 19.1. The molecular weight excluding hydrogens is 198 g/mol. The van der Waals surface area contributed by atoms with Gasteiger partial charge in [-0.2, -0.15) is 6.32 Å². The van der Waals surface area contributed by atoms with E-state index in [-0.39, 0.29) is 13.1 Å². The summed E-state index contributed by atoms with van der Waals surface area (Å²) in [6.45, 7) is 2.06. The Morgan fingerprint density at radius 1 is 1.06 bits per heavy atom. The van der Waals surface area contributed by atoms with E-state index in [0.717, 1.165) is 6.32 Å². The Morgan fingerprint density at radius 2 is 1.81 bits per heavy atom. The Bertz CT molecular complexity index is 465. The SMILES string of the molecule is Cc1ccc(F)cc1[BH2-]Cc1ccccc1. The normalized spacial score (nSPS) is 10.4. The Labute approximate surface area is 96.4 Å². The summed E-state index contributed by atoms with van der Waals surface area (Å²) < 4.78 is 13.1. The van der Waals surface area contributed by atoms with Gasteiger partial charge in [-0.15, -0.1) is 0 Å². The van der Waals surface area contributed by atoms with Crippen LogP contribution in [-0.2, 0) is 6.32 Å². The number of hydrogen-bond acceptors (Lipinski definition) is 0. The topological polar surface area (TPSA) is 0 Å². The molecule has 0 N–H and O–H groups in total. The van der Waals surface area contributed by atoms with Crippen LogP contribution < -0.4 is 5.46 Å². The molecule has 0 unspecified atom stereocenters. The molecule has 0 saturated carbocycles. The van der Waals surface area contributed by atoms with E-state index in [0.29, 0.717) is 0 Å². The molecule has 0 atom stereocenters. The first-order valence-electron chi connectivity index (χ1n) is 5.90. The van der Waals surface area contributed by atoms with Crippen molar-refractivity contribution in [3.05, 3.63) is 65.5 Å². The summed E-state index contributed by atoms with van der Waals surface area (Å²) in [5.41, 5.74) is 3.80. The number of benzene rings is 2. The van der Waals surface area contributed by atoms with E-state index in [2.05, 4.69) is 31.2 Å². The summed E-state index contributed by atoms with van der Waals surface area (Å²) in [6, 6.07) is 15.5. The Balaban J connectivity index is 2.08. The molecule has 2 rings (SSSR count). The van der Waals surface area contributed by atoms with Gasteiger partial charge in [0.15, 0.2) is 0 Å². The molecule has 0 fully saturated rings. The van der Waals surface area contributed by atoms with Gasteiger partial charge in [-0.3, -0.25) is 0 Å². The minimum atomic E-state index is -0.270. The van der Waals surface area contributed by atoms with E-state index >= 15 is 0 Å². The fourth-order valence-electron chi connectivity index (χ4n) is 2.19. The van der Waals surface area contributed by atoms with Crippen molar-refractivity contribution in [3.8, 4) is 0 Å².